The number of carbonyl (C=O) groups is 1. The van der Waals surface area contributed by atoms with Gasteiger partial charge >= 0.3 is 5.97 Å². The van der Waals surface area contributed by atoms with Crippen molar-refractivity contribution in [3.63, 3.8) is 0 Å². The summed E-state index contributed by atoms with van der Waals surface area (Å²) in [6.45, 7) is 0. The number of carbonyl (C=O) groups excluding carboxylic acids is 1. The Labute approximate surface area is 91.2 Å². The molecule has 5 heteroatoms. The van der Waals surface area contributed by atoms with Gasteiger partial charge in [-0.3, -0.25) is 4.79 Å². The summed E-state index contributed by atoms with van der Waals surface area (Å²) in [5.41, 5.74) is 5.15. The third-order valence-electron chi connectivity index (χ3n) is 1.76. The van der Waals surface area contributed by atoms with Gasteiger partial charge in [0, 0.05) is 6.07 Å². The van der Waals surface area contributed by atoms with Crippen LogP contribution >= 0.6 is 0 Å². The lowest BCUT2D eigenvalue weighted by molar-refractivity contribution is -0.139. The number of nitrogens with two attached hydrogens (primary N) is 1. The molecule has 0 bridgehead atoms. The fraction of sp³-hybridized carbons (Fsp3) is 0.182. The number of benzene rings is 1. The molecule has 0 aliphatic rings. The van der Waals surface area contributed by atoms with E-state index in [4.69, 9.17) is 5.73 Å². The zero-order valence-corrected chi connectivity index (χ0v) is 8.51. The Morgan fingerprint density at radius 3 is 2.75 bits per heavy atom. The maximum atomic E-state index is 13.2. The first kappa shape index (κ1) is 12.0. The van der Waals surface area contributed by atoms with Crippen LogP contribution in [0.1, 0.15) is 12.0 Å². The number of nitrogen functional groups attached to an aromatic ring is 1. The molecule has 0 spiro atoms. The molecule has 0 unspecified atom stereocenters. The molecular formula is C11H9F2NO2. The second-order valence-corrected chi connectivity index (χ2v) is 2.91. The fourth-order valence-electron chi connectivity index (χ4n) is 1.00. The fourth-order valence-corrected chi connectivity index (χ4v) is 1.00. The standard InChI is InChI=1S/C11H9F2NO2/c1-16-11(15)4-2-3-8-9(13)5-7(12)6-10(8)14/h5-6H,4,14H2,1H3. The summed E-state index contributed by atoms with van der Waals surface area (Å²) in [6, 6.07) is 1.64. The van der Waals surface area contributed by atoms with Crippen LogP contribution in [0.5, 0.6) is 0 Å². The lowest BCUT2D eigenvalue weighted by Gasteiger charge is -1.99. The van der Waals surface area contributed by atoms with E-state index in [1.807, 2.05) is 0 Å². The molecule has 0 aliphatic heterocycles. The topological polar surface area (TPSA) is 52.3 Å². The van der Waals surface area contributed by atoms with E-state index >= 15 is 0 Å². The summed E-state index contributed by atoms with van der Waals surface area (Å²) < 4.78 is 30.2. The zero-order chi connectivity index (χ0) is 12.1. The summed E-state index contributed by atoms with van der Waals surface area (Å²) >= 11 is 0. The molecule has 0 amide bonds. The third-order valence-corrected chi connectivity index (χ3v) is 1.76. The average molecular weight is 225 g/mol. The van der Waals surface area contributed by atoms with Crippen molar-refractivity contribution < 1.29 is 18.3 Å². The average Bonchev–Trinajstić information content (AvgIpc) is 2.21. The molecule has 2 N–H and O–H groups in total. The van der Waals surface area contributed by atoms with Gasteiger partial charge < -0.3 is 10.5 Å². The summed E-state index contributed by atoms with van der Waals surface area (Å²) in [6.07, 6.45) is -0.174. The van der Waals surface area contributed by atoms with Crippen molar-refractivity contribution in [1.29, 1.82) is 0 Å². The van der Waals surface area contributed by atoms with Crippen molar-refractivity contribution in [1.82, 2.24) is 0 Å². The highest BCUT2D eigenvalue weighted by molar-refractivity contribution is 5.72. The van der Waals surface area contributed by atoms with E-state index in [0.717, 1.165) is 6.07 Å². The van der Waals surface area contributed by atoms with Gasteiger partial charge in [-0.15, -0.1) is 0 Å². The molecule has 0 heterocycles. The minimum absolute atomic E-state index is 0.102. The Hall–Kier alpha value is -2.09. The summed E-state index contributed by atoms with van der Waals surface area (Å²) in [7, 11) is 1.22. The van der Waals surface area contributed by atoms with Crippen LogP contribution < -0.4 is 5.73 Å². The van der Waals surface area contributed by atoms with E-state index < -0.39 is 17.6 Å². The maximum Gasteiger partial charge on any atom is 0.317 e. The number of methoxy groups -OCH3 is 1. The van der Waals surface area contributed by atoms with Crippen molar-refractivity contribution in [2.45, 2.75) is 6.42 Å². The number of halogens is 2. The molecule has 0 atom stereocenters. The lowest BCUT2D eigenvalue weighted by atomic mass is 10.1. The normalized spacial score (nSPS) is 9.19. The molecule has 0 aromatic heterocycles. The van der Waals surface area contributed by atoms with Gasteiger partial charge in [0.25, 0.3) is 0 Å². The third kappa shape index (κ3) is 2.95. The second kappa shape index (κ2) is 5.12. The van der Waals surface area contributed by atoms with Gasteiger partial charge in [-0.1, -0.05) is 11.8 Å². The van der Waals surface area contributed by atoms with Gasteiger partial charge in [0.05, 0.1) is 18.4 Å². The molecule has 0 saturated heterocycles. The van der Waals surface area contributed by atoms with Gasteiger partial charge in [0.1, 0.15) is 18.1 Å². The van der Waals surface area contributed by atoms with E-state index in [1.165, 1.54) is 7.11 Å². The smallest absolute Gasteiger partial charge is 0.317 e. The Morgan fingerprint density at radius 2 is 2.19 bits per heavy atom. The summed E-state index contributed by atoms with van der Waals surface area (Å²) in [5.74, 6) is 2.59. The number of anilines is 1. The van der Waals surface area contributed by atoms with Gasteiger partial charge in [0.2, 0.25) is 0 Å². The largest absolute Gasteiger partial charge is 0.468 e. The summed E-state index contributed by atoms with van der Waals surface area (Å²) in [5, 5.41) is 0. The van der Waals surface area contributed by atoms with Crippen molar-refractivity contribution in [3.05, 3.63) is 29.3 Å². The predicted molar refractivity (Wildman–Crippen MR) is 54.3 cm³/mol. The molecule has 1 rings (SSSR count). The van der Waals surface area contributed by atoms with E-state index in [9.17, 15) is 13.6 Å². The van der Waals surface area contributed by atoms with Crippen molar-refractivity contribution >= 4 is 11.7 Å². The Kier molecular flexibility index (Phi) is 3.84. The van der Waals surface area contributed by atoms with Crippen LogP contribution in [0.3, 0.4) is 0 Å². The minimum atomic E-state index is -0.852. The van der Waals surface area contributed by atoms with Crippen molar-refractivity contribution in [3.8, 4) is 11.8 Å². The monoisotopic (exact) mass is 225 g/mol. The van der Waals surface area contributed by atoms with Gasteiger partial charge in [-0.05, 0) is 6.07 Å². The highest BCUT2D eigenvalue weighted by Gasteiger charge is 2.06. The van der Waals surface area contributed by atoms with Gasteiger partial charge in [0.15, 0.2) is 0 Å². The van der Waals surface area contributed by atoms with Crippen molar-refractivity contribution in [2.75, 3.05) is 12.8 Å². The number of hydrogen-bond acceptors (Lipinski definition) is 3. The predicted octanol–water partition coefficient (Wildman–Crippen LogP) is 1.46. The highest BCUT2D eigenvalue weighted by Crippen LogP contribution is 2.16. The SMILES string of the molecule is COC(=O)CC#Cc1c(N)cc(F)cc1F. The molecule has 3 nitrogen and oxygen atoms in total. The number of ether oxygens (including phenoxy) is 1. The van der Waals surface area contributed by atoms with E-state index in [0.29, 0.717) is 6.07 Å². The molecule has 0 aliphatic carbocycles. The molecule has 16 heavy (non-hydrogen) atoms. The van der Waals surface area contributed by atoms with Crippen LogP contribution in [0.4, 0.5) is 14.5 Å². The van der Waals surface area contributed by atoms with Crippen LogP contribution in [0.25, 0.3) is 0 Å². The Bertz CT molecular complexity index is 452. The maximum absolute atomic E-state index is 13.2. The number of esters is 1. The Balaban J connectivity index is 2.93. The molecular weight excluding hydrogens is 216 g/mol. The quantitative estimate of drug-likeness (QED) is 0.447. The number of rotatable bonds is 1. The van der Waals surface area contributed by atoms with E-state index in [2.05, 4.69) is 16.6 Å². The van der Waals surface area contributed by atoms with Crippen LogP contribution in [0.2, 0.25) is 0 Å². The molecule has 0 radical (unpaired) electrons. The van der Waals surface area contributed by atoms with E-state index in [-0.39, 0.29) is 17.7 Å². The first-order chi connectivity index (χ1) is 7.54. The second-order valence-electron chi connectivity index (χ2n) is 2.91. The van der Waals surface area contributed by atoms with Crippen molar-refractivity contribution in [2.24, 2.45) is 0 Å². The molecule has 84 valence electrons. The van der Waals surface area contributed by atoms with Crippen LogP contribution in [0, 0.1) is 23.5 Å². The van der Waals surface area contributed by atoms with Crippen LogP contribution in [0.15, 0.2) is 12.1 Å². The van der Waals surface area contributed by atoms with Crippen LogP contribution in [-0.4, -0.2) is 13.1 Å². The lowest BCUT2D eigenvalue weighted by Crippen LogP contribution is -1.98. The molecule has 1 aromatic rings. The first-order valence-corrected chi connectivity index (χ1v) is 4.34. The first-order valence-electron chi connectivity index (χ1n) is 4.34. The minimum Gasteiger partial charge on any atom is -0.468 e. The highest BCUT2D eigenvalue weighted by atomic mass is 19.1. The number of hydrogen-bond donors (Lipinski definition) is 1. The molecule has 0 saturated carbocycles. The Morgan fingerprint density at radius 1 is 1.50 bits per heavy atom. The zero-order valence-electron chi connectivity index (χ0n) is 8.51. The van der Waals surface area contributed by atoms with Gasteiger partial charge in [-0.2, -0.15) is 0 Å². The molecule has 0 fully saturated rings. The van der Waals surface area contributed by atoms with E-state index in [1.54, 1.807) is 0 Å². The van der Waals surface area contributed by atoms with Crippen LogP contribution in [-0.2, 0) is 9.53 Å². The molecule has 1 aromatic carbocycles. The summed E-state index contributed by atoms with van der Waals surface area (Å²) in [4.78, 5) is 10.7. The van der Waals surface area contributed by atoms with Gasteiger partial charge in [-0.25, -0.2) is 8.78 Å².